The molecule has 0 bridgehead atoms. The van der Waals surface area contributed by atoms with Gasteiger partial charge in [-0.3, -0.25) is 14.6 Å². The van der Waals surface area contributed by atoms with Gasteiger partial charge in [-0.05, 0) is 47.4 Å². The summed E-state index contributed by atoms with van der Waals surface area (Å²) < 4.78 is 78.4. The SMILES string of the molecule is O=C(CCc1cccnc1)Cc1ccc(CNC(=O)c2cc(C(F)(F)F)ccc2C(F)(F)F)cc1. The van der Waals surface area contributed by atoms with E-state index in [-0.39, 0.29) is 36.9 Å². The summed E-state index contributed by atoms with van der Waals surface area (Å²) in [5.41, 5.74) is -1.75. The maximum absolute atomic E-state index is 13.2. The Hall–Kier alpha value is -3.69. The lowest BCUT2D eigenvalue weighted by molar-refractivity contribution is -0.141. The minimum absolute atomic E-state index is 0.0131. The van der Waals surface area contributed by atoms with Crippen molar-refractivity contribution in [2.45, 2.75) is 38.2 Å². The number of halogens is 6. The van der Waals surface area contributed by atoms with Crippen LogP contribution >= 0.6 is 0 Å². The highest BCUT2D eigenvalue weighted by atomic mass is 19.4. The van der Waals surface area contributed by atoms with Crippen molar-refractivity contribution in [3.8, 4) is 0 Å². The Kier molecular flexibility index (Phi) is 7.93. The van der Waals surface area contributed by atoms with Crippen LogP contribution in [0.3, 0.4) is 0 Å². The van der Waals surface area contributed by atoms with Crippen molar-refractivity contribution in [3.63, 3.8) is 0 Å². The zero-order chi connectivity index (χ0) is 25.6. The number of carbonyl (C=O) groups is 2. The van der Waals surface area contributed by atoms with Crippen molar-refractivity contribution in [1.29, 1.82) is 0 Å². The summed E-state index contributed by atoms with van der Waals surface area (Å²) >= 11 is 0. The third-order valence-electron chi connectivity index (χ3n) is 5.19. The number of rotatable bonds is 8. The van der Waals surface area contributed by atoms with Crippen molar-refractivity contribution in [2.24, 2.45) is 0 Å². The van der Waals surface area contributed by atoms with E-state index in [1.54, 1.807) is 42.7 Å². The normalized spacial score (nSPS) is 11.8. The number of carbonyl (C=O) groups excluding carboxylic acids is 2. The molecular weight excluding hydrogens is 474 g/mol. The van der Waals surface area contributed by atoms with Gasteiger partial charge in [-0.25, -0.2) is 0 Å². The number of amides is 1. The number of nitrogens with zero attached hydrogens (tertiary/aromatic N) is 1. The third kappa shape index (κ3) is 7.40. The molecule has 2 aromatic carbocycles. The van der Waals surface area contributed by atoms with E-state index in [0.29, 0.717) is 24.0 Å². The number of aryl methyl sites for hydroxylation is 1. The van der Waals surface area contributed by atoms with E-state index in [9.17, 15) is 35.9 Å². The van der Waals surface area contributed by atoms with Gasteiger partial charge >= 0.3 is 12.4 Å². The second kappa shape index (κ2) is 10.7. The van der Waals surface area contributed by atoms with Gasteiger partial charge in [0.25, 0.3) is 5.91 Å². The molecule has 0 fully saturated rings. The van der Waals surface area contributed by atoms with Crippen LogP contribution < -0.4 is 5.32 Å². The molecular formula is C25H20F6N2O2. The lowest BCUT2D eigenvalue weighted by Gasteiger charge is -2.15. The standard InChI is InChI=1S/C25H20F6N2O2/c26-24(27,28)19-8-10-22(25(29,30)31)21(13-19)23(35)33-15-18-5-3-16(4-6-18)12-20(34)9-7-17-2-1-11-32-14-17/h1-6,8,10-11,13-14H,7,9,12,15H2,(H,33,35). The molecule has 1 aromatic heterocycles. The molecule has 1 heterocycles. The number of hydrogen-bond acceptors (Lipinski definition) is 3. The molecule has 0 aliphatic carbocycles. The van der Waals surface area contributed by atoms with Crippen LogP contribution in [0.2, 0.25) is 0 Å². The van der Waals surface area contributed by atoms with Crippen molar-refractivity contribution in [2.75, 3.05) is 0 Å². The molecule has 3 aromatic rings. The third-order valence-corrected chi connectivity index (χ3v) is 5.19. The Bertz CT molecular complexity index is 1170. The number of nitrogens with one attached hydrogen (secondary N) is 1. The van der Waals surface area contributed by atoms with Crippen LogP contribution in [0.5, 0.6) is 0 Å². The molecule has 0 saturated carbocycles. The Morgan fingerprint density at radius 1 is 0.829 bits per heavy atom. The molecule has 0 spiro atoms. The first kappa shape index (κ1) is 25.9. The van der Waals surface area contributed by atoms with E-state index < -0.39 is 35.0 Å². The predicted molar refractivity (Wildman–Crippen MR) is 115 cm³/mol. The van der Waals surface area contributed by atoms with Gasteiger partial charge in [0.1, 0.15) is 5.78 Å². The molecule has 0 radical (unpaired) electrons. The summed E-state index contributed by atoms with van der Waals surface area (Å²) in [7, 11) is 0. The van der Waals surface area contributed by atoms with Crippen LogP contribution in [0.25, 0.3) is 0 Å². The van der Waals surface area contributed by atoms with E-state index in [2.05, 4.69) is 10.3 Å². The van der Waals surface area contributed by atoms with Crippen LogP contribution in [0.1, 0.15) is 44.6 Å². The van der Waals surface area contributed by atoms with Crippen LogP contribution in [0, 0.1) is 0 Å². The molecule has 35 heavy (non-hydrogen) atoms. The van der Waals surface area contributed by atoms with Gasteiger partial charge in [-0.15, -0.1) is 0 Å². The van der Waals surface area contributed by atoms with Gasteiger partial charge in [-0.2, -0.15) is 26.3 Å². The average molecular weight is 494 g/mol. The molecule has 3 rings (SSSR count). The first-order chi connectivity index (χ1) is 16.4. The summed E-state index contributed by atoms with van der Waals surface area (Å²) in [5.74, 6) is -1.27. The summed E-state index contributed by atoms with van der Waals surface area (Å²) in [6.45, 7) is -0.207. The van der Waals surface area contributed by atoms with Gasteiger partial charge < -0.3 is 5.32 Å². The van der Waals surface area contributed by atoms with Crippen molar-refractivity contribution in [1.82, 2.24) is 10.3 Å². The molecule has 0 aliphatic rings. The van der Waals surface area contributed by atoms with Crippen LogP contribution in [0.15, 0.2) is 67.0 Å². The van der Waals surface area contributed by atoms with Gasteiger partial charge in [0.15, 0.2) is 0 Å². The number of Topliss-reactive ketones (excluding diaryl/α,β-unsaturated/α-hetero) is 1. The van der Waals surface area contributed by atoms with Crippen LogP contribution in [0.4, 0.5) is 26.3 Å². The van der Waals surface area contributed by atoms with Gasteiger partial charge in [0, 0.05) is 31.8 Å². The Morgan fingerprint density at radius 2 is 1.51 bits per heavy atom. The lowest BCUT2D eigenvalue weighted by Crippen LogP contribution is -2.26. The molecule has 0 unspecified atom stereocenters. The monoisotopic (exact) mass is 494 g/mol. The molecule has 4 nitrogen and oxygen atoms in total. The van der Waals surface area contributed by atoms with E-state index >= 15 is 0 Å². The summed E-state index contributed by atoms with van der Waals surface area (Å²) in [4.78, 5) is 28.5. The average Bonchev–Trinajstić information content (AvgIpc) is 2.81. The summed E-state index contributed by atoms with van der Waals surface area (Å²) in [5, 5.41) is 2.23. The largest absolute Gasteiger partial charge is 0.417 e. The number of hydrogen-bond donors (Lipinski definition) is 1. The van der Waals surface area contributed by atoms with E-state index in [4.69, 9.17) is 0 Å². The fraction of sp³-hybridized carbons (Fsp3) is 0.240. The van der Waals surface area contributed by atoms with E-state index in [0.717, 1.165) is 5.56 Å². The zero-order valence-electron chi connectivity index (χ0n) is 18.2. The van der Waals surface area contributed by atoms with Gasteiger partial charge in [-0.1, -0.05) is 30.3 Å². The molecule has 184 valence electrons. The first-order valence-electron chi connectivity index (χ1n) is 10.5. The summed E-state index contributed by atoms with van der Waals surface area (Å²) in [6.07, 6.45) is -5.48. The maximum Gasteiger partial charge on any atom is 0.417 e. The predicted octanol–water partition coefficient (Wildman–Crippen LogP) is 5.79. The number of alkyl halides is 6. The maximum atomic E-state index is 13.2. The number of benzene rings is 2. The smallest absolute Gasteiger partial charge is 0.348 e. The molecule has 10 heteroatoms. The molecule has 1 N–H and O–H groups in total. The number of ketones is 1. The van der Waals surface area contributed by atoms with Gasteiger partial charge in [0.2, 0.25) is 0 Å². The fourth-order valence-electron chi connectivity index (χ4n) is 3.35. The molecule has 0 atom stereocenters. The highest BCUT2D eigenvalue weighted by Gasteiger charge is 2.38. The van der Waals surface area contributed by atoms with Crippen molar-refractivity contribution >= 4 is 11.7 Å². The summed E-state index contributed by atoms with van der Waals surface area (Å²) in [6, 6.07) is 10.9. The lowest BCUT2D eigenvalue weighted by atomic mass is 10.0. The Balaban J connectivity index is 1.61. The second-order valence-corrected chi connectivity index (χ2v) is 7.83. The highest BCUT2D eigenvalue weighted by Crippen LogP contribution is 2.36. The van der Waals surface area contributed by atoms with Crippen LogP contribution in [-0.4, -0.2) is 16.7 Å². The number of pyridine rings is 1. The topological polar surface area (TPSA) is 59.1 Å². The fourth-order valence-corrected chi connectivity index (χ4v) is 3.35. The van der Waals surface area contributed by atoms with Crippen molar-refractivity contribution < 1.29 is 35.9 Å². The van der Waals surface area contributed by atoms with E-state index in [1.165, 1.54) is 0 Å². The van der Waals surface area contributed by atoms with E-state index in [1.807, 2.05) is 6.07 Å². The zero-order valence-corrected chi connectivity index (χ0v) is 18.2. The molecule has 0 aliphatic heterocycles. The molecule has 1 amide bonds. The quantitative estimate of drug-likeness (QED) is 0.403. The van der Waals surface area contributed by atoms with Gasteiger partial charge in [0.05, 0.1) is 16.7 Å². The minimum Gasteiger partial charge on any atom is -0.348 e. The Labute approximate surface area is 197 Å². The molecule has 0 saturated heterocycles. The second-order valence-electron chi connectivity index (χ2n) is 7.83. The Morgan fingerprint density at radius 3 is 2.11 bits per heavy atom. The first-order valence-corrected chi connectivity index (χ1v) is 10.5. The minimum atomic E-state index is -5.00. The van der Waals surface area contributed by atoms with Crippen molar-refractivity contribution in [3.05, 3.63) is 100 Å². The van der Waals surface area contributed by atoms with Crippen LogP contribution in [-0.2, 0) is 36.5 Å². The highest BCUT2D eigenvalue weighted by molar-refractivity contribution is 5.96. The number of aromatic nitrogens is 1.